The number of hydrogen-bond acceptors (Lipinski definition) is 6. The molecule has 142 valence electrons. The number of pyridine rings is 1. The van der Waals surface area contributed by atoms with E-state index in [1.165, 1.54) is 19.4 Å². The molecule has 1 aromatic carbocycles. The van der Waals surface area contributed by atoms with Crippen LogP contribution in [0.3, 0.4) is 0 Å². The van der Waals surface area contributed by atoms with Gasteiger partial charge >= 0.3 is 5.97 Å². The molecule has 0 amide bonds. The van der Waals surface area contributed by atoms with E-state index in [2.05, 4.69) is 4.98 Å². The van der Waals surface area contributed by atoms with Crippen molar-refractivity contribution in [3.05, 3.63) is 59.9 Å². The van der Waals surface area contributed by atoms with Crippen molar-refractivity contribution in [2.45, 2.75) is 19.8 Å². The number of ketones is 1. The smallest absolute Gasteiger partial charge is 0.305 e. The molecule has 6 nitrogen and oxygen atoms in total. The van der Waals surface area contributed by atoms with E-state index < -0.39 is 0 Å². The maximum Gasteiger partial charge on any atom is 0.305 e. The fraction of sp³-hybridized carbons (Fsp3) is 0.286. The first-order valence-electron chi connectivity index (χ1n) is 8.74. The van der Waals surface area contributed by atoms with E-state index in [0.29, 0.717) is 48.8 Å². The van der Waals surface area contributed by atoms with Crippen LogP contribution in [-0.4, -0.2) is 37.1 Å². The first-order chi connectivity index (χ1) is 13.1. The van der Waals surface area contributed by atoms with Crippen LogP contribution in [-0.2, 0) is 9.53 Å². The van der Waals surface area contributed by atoms with Crippen molar-refractivity contribution in [3.63, 3.8) is 0 Å². The molecule has 0 saturated carbocycles. The molecular formula is C21H23NO5. The minimum atomic E-state index is -0.241. The molecule has 0 aliphatic heterocycles. The zero-order valence-corrected chi connectivity index (χ0v) is 15.5. The van der Waals surface area contributed by atoms with Crippen molar-refractivity contribution in [2.75, 3.05) is 20.3 Å². The van der Waals surface area contributed by atoms with E-state index >= 15 is 0 Å². The SMILES string of the molecule is CCOC(=O)CCCOc1cnc(C=CC(=O)c2ccccc2)cc1OC. The molecule has 2 rings (SSSR count). The summed E-state index contributed by atoms with van der Waals surface area (Å²) in [5.41, 5.74) is 1.19. The van der Waals surface area contributed by atoms with Crippen LogP contribution in [0.5, 0.6) is 11.5 Å². The number of carbonyl (C=O) groups is 2. The Morgan fingerprint density at radius 3 is 2.63 bits per heavy atom. The van der Waals surface area contributed by atoms with Crippen LogP contribution in [0.1, 0.15) is 35.8 Å². The standard InChI is InChI=1S/C21H23NO5/c1-3-26-21(24)10-7-13-27-20-15-22-17(14-19(20)25-2)11-12-18(23)16-8-5-4-6-9-16/h4-6,8-9,11-12,14-15H,3,7,10,13H2,1-2H3. The maximum absolute atomic E-state index is 12.1. The highest BCUT2D eigenvalue weighted by Gasteiger charge is 2.08. The third-order valence-electron chi connectivity index (χ3n) is 3.62. The van der Waals surface area contributed by atoms with Crippen LogP contribution in [0.4, 0.5) is 0 Å². The number of esters is 1. The molecule has 0 spiro atoms. The van der Waals surface area contributed by atoms with Gasteiger partial charge in [-0.3, -0.25) is 14.6 Å². The summed E-state index contributed by atoms with van der Waals surface area (Å²) in [4.78, 5) is 27.7. The number of aromatic nitrogens is 1. The number of carbonyl (C=O) groups excluding carboxylic acids is 2. The Labute approximate surface area is 158 Å². The van der Waals surface area contributed by atoms with Crippen LogP contribution in [0, 0.1) is 0 Å². The quantitative estimate of drug-likeness (QED) is 0.275. The van der Waals surface area contributed by atoms with Gasteiger partial charge in [0.25, 0.3) is 0 Å². The molecule has 1 heterocycles. The van der Waals surface area contributed by atoms with Crippen molar-refractivity contribution in [1.29, 1.82) is 0 Å². The predicted octanol–water partition coefficient (Wildman–Crippen LogP) is 3.71. The van der Waals surface area contributed by atoms with Crippen molar-refractivity contribution in [2.24, 2.45) is 0 Å². The predicted molar refractivity (Wildman–Crippen MR) is 102 cm³/mol. The lowest BCUT2D eigenvalue weighted by molar-refractivity contribution is -0.143. The molecule has 6 heteroatoms. The highest BCUT2D eigenvalue weighted by molar-refractivity contribution is 6.06. The van der Waals surface area contributed by atoms with E-state index in [1.54, 1.807) is 31.2 Å². The number of ether oxygens (including phenoxy) is 3. The normalized spacial score (nSPS) is 10.6. The highest BCUT2D eigenvalue weighted by atomic mass is 16.5. The third-order valence-corrected chi connectivity index (χ3v) is 3.62. The van der Waals surface area contributed by atoms with Gasteiger partial charge in [-0.25, -0.2) is 0 Å². The maximum atomic E-state index is 12.1. The Kier molecular flexibility index (Phi) is 8.03. The zero-order valence-electron chi connectivity index (χ0n) is 15.5. The molecule has 0 unspecified atom stereocenters. The fourth-order valence-corrected chi connectivity index (χ4v) is 2.29. The molecule has 1 aromatic heterocycles. The van der Waals surface area contributed by atoms with E-state index in [9.17, 15) is 9.59 Å². The zero-order chi connectivity index (χ0) is 19.5. The molecule has 0 aliphatic rings. The number of nitrogens with zero attached hydrogens (tertiary/aromatic N) is 1. The van der Waals surface area contributed by atoms with Gasteiger partial charge in [0.05, 0.1) is 32.2 Å². The van der Waals surface area contributed by atoms with Gasteiger partial charge in [0.2, 0.25) is 0 Å². The van der Waals surface area contributed by atoms with Gasteiger partial charge < -0.3 is 14.2 Å². The summed E-state index contributed by atoms with van der Waals surface area (Å²) in [6.07, 6.45) is 5.47. The van der Waals surface area contributed by atoms with E-state index in [-0.39, 0.29) is 11.8 Å². The van der Waals surface area contributed by atoms with Gasteiger partial charge in [-0.2, -0.15) is 0 Å². The molecule has 0 aliphatic carbocycles. The van der Waals surface area contributed by atoms with Crippen LogP contribution >= 0.6 is 0 Å². The molecule has 0 fully saturated rings. The molecule has 27 heavy (non-hydrogen) atoms. The second-order valence-electron chi connectivity index (χ2n) is 5.58. The molecule has 0 bridgehead atoms. The number of hydrogen-bond donors (Lipinski definition) is 0. The Hall–Kier alpha value is -3.15. The van der Waals surface area contributed by atoms with Crippen molar-refractivity contribution < 1.29 is 23.8 Å². The van der Waals surface area contributed by atoms with Gasteiger partial charge in [0, 0.05) is 18.1 Å². The molecule has 0 N–H and O–H groups in total. The summed E-state index contributed by atoms with van der Waals surface area (Å²) in [6.45, 7) is 2.49. The van der Waals surface area contributed by atoms with Crippen LogP contribution in [0.2, 0.25) is 0 Å². The largest absolute Gasteiger partial charge is 0.493 e. The van der Waals surface area contributed by atoms with Gasteiger partial charge in [-0.05, 0) is 25.5 Å². The first-order valence-corrected chi connectivity index (χ1v) is 8.74. The molecule has 0 saturated heterocycles. The van der Waals surface area contributed by atoms with E-state index in [1.807, 2.05) is 18.2 Å². The lowest BCUT2D eigenvalue weighted by atomic mass is 10.1. The summed E-state index contributed by atoms with van der Waals surface area (Å²) in [5, 5.41) is 0. The molecule has 0 atom stereocenters. The summed E-state index contributed by atoms with van der Waals surface area (Å²) in [5.74, 6) is 0.645. The summed E-state index contributed by atoms with van der Waals surface area (Å²) >= 11 is 0. The highest BCUT2D eigenvalue weighted by Crippen LogP contribution is 2.27. The second-order valence-corrected chi connectivity index (χ2v) is 5.58. The van der Waals surface area contributed by atoms with Crippen LogP contribution < -0.4 is 9.47 Å². The Balaban J connectivity index is 1.94. The first kappa shape index (κ1) is 20.2. The number of methoxy groups -OCH3 is 1. The molecule has 0 radical (unpaired) electrons. The van der Waals surface area contributed by atoms with Crippen molar-refractivity contribution in [1.82, 2.24) is 4.98 Å². The average molecular weight is 369 g/mol. The van der Waals surface area contributed by atoms with E-state index in [0.717, 1.165) is 0 Å². The van der Waals surface area contributed by atoms with Gasteiger partial charge in [0.15, 0.2) is 17.3 Å². The average Bonchev–Trinajstić information content (AvgIpc) is 2.70. The number of allylic oxidation sites excluding steroid dienone is 1. The number of benzene rings is 1. The Morgan fingerprint density at radius 2 is 1.93 bits per heavy atom. The second kappa shape index (κ2) is 10.8. The topological polar surface area (TPSA) is 74.7 Å². The minimum Gasteiger partial charge on any atom is -0.493 e. The fourth-order valence-electron chi connectivity index (χ4n) is 2.29. The minimum absolute atomic E-state index is 0.101. The van der Waals surface area contributed by atoms with Gasteiger partial charge in [-0.1, -0.05) is 30.3 Å². The van der Waals surface area contributed by atoms with Gasteiger partial charge in [0.1, 0.15) is 0 Å². The van der Waals surface area contributed by atoms with Crippen molar-refractivity contribution in [3.8, 4) is 11.5 Å². The van der Waals surface area contributed by atoms with Crippen molar-refractivity contribution >= 4 is 17.8 Å². The van der Waals surface area contributed by atoms with Gasteiger partial charge in [-0.15, -0.1) is 0 Å². The van der Waals surface area contributed by atoms with Crippen LogP contribution in [0.25, 0.3) is 6.08 Å². The molecule has 2 aromatic rings. The lowest BCUT2D eigenvalue weighted by Crippen LogP contribution is -2.07. The monoisotopic (exact) mass is 369 g/mol. The summed E-state index contributed by atoms with van der Waals surface area (Å²) in [7, 11) is 1.53. The molecular weight excluding hydrogens is 346 g/mol. The number of rotatable bonds is 10. The third kappa shape index (κ3) is 6.58. The lowest BCUT2D eigenvalue weighted by Gasteiger charge is -2.10. The Bertz CT molecular complexity index is 786. The van der Waals surface area contributed by atoms with E-state index in [4.69, 9.17) is 14.2 Å². The van der Waals surface area contributed by atoms with Crippen LogP contribution in [0.15, 0.2) is 48.7 Å². The summed E-state index contributed by atoms with van der Waals surface area (Å²) in [6, 6.07) is 10.7. The Morgan fingerprint density at radius 1 is 1.15 bits per heavy atom. The summed E-state index contributed by atoms with van der Waals surface area (Å²) < 4.78 is 15.8.